The summed E-state index contributed by atoms with van der Waals surface area (Å²) in [7, 11) is 1.91. The smallest absolute Gasteiger partial charge is 0.260 e. The molecule has 0 radical (unpaired) electrons. The molecule has 1 aliphatic carbocycles. The van der Waals surface area contributed by atoms with E-state index in [-0.39, 0.29) is 12.5 Å². The maximum Gasteiger partial charge on any atom is 0.260 e. The summed E-state index contributed by atoms with van der Waals surface area (Å²) in [5, 5.41) is 3.10. The Bertz CT molecular complexity index is 430. The summed E-state index contributed by atoms with van der Waals surface area (Å²) in [5.74, 6) is 0.844. The molecule has 0 bridgehead atoms. The summed E-state index contributed by atoms with van der Waals surface area (Å²) in [6.45, 7) is 3.72. The van der Waals surface area contributed by atoms with Gasteiger partial charge in [0.2, 0.25) is 0 Å². The third-order valence-electron chi connectivity index (χ3n) is 3.29. The third-order valence-corrected chi connectivity index (χ3v) is 3.29. The maximum absolute atomic E-state index is 12.0. The van der Waals surface area contributed by atoms with Gasteiger partial charge in [0.1, 0.15) is 5.75 Å². The number of nitrogens with one attached hydrogen (secondary N) is 1. The Morgan fingerprint density at radius 3 is 2.89 bits per heavy atom. The molecule has 2 rings (SSSR count). The summed E-state index contributed by atoms with van der Waals surface area (Å²) in [4.78, 5) is 13.9. The monoisotopic (exact) mass is 262 g/mol. The molecule has 4 nitrogen and oxygen atoms in total. The van der Waals surface area contributed by atoms with E-state index in [9.17, 15) is 4.79 Å². The first-order valence-corrected chi connectivity index (χ1v) is 6.90. The molecule has 0 atom stereocenters. The van der Waals surface area contributed by atoms with Crippen molar-refractivity contribution in [1.82, 2.24) is 10.2 Å². The lowest BCUT2D eigenvalue weighted by molar-refractivity contribution is -0.133. The summed E-state index contributed by atoms with van der Waals surface area (Å²) in [6, 6.07) is 8.30. The van der Waals surface area contributed by atoms with E-state index < -0.39 is 0 Å². The highest BCUT2D eigenvalue weighted by Gasteiger charge is 2.31. The summed E-state index contributed by atoms with van der Waals surface area (Å²) in [5.41, 5.74) is 1.15. The molecule has 1 aliphatic rings. The molecule has 1 fully saturated rings. The Labute approximate surface area is 114 Å². The first kappa shape index (κ1) is 13.9. The minimum absolute atomic E-state index is 0.0871. The highest BCUT2D eigenvalue weighted by Crippen LogP contribution is 2.26. The number of amides is 1. The number of carbonyl (C=O) groups excluding carboxylic acids is 1. The van der Waals surface area contributed by atoms with Crippen LogP contribution in [0.4, 0.5) is 0 Å². The van der Waals surface area contributed by atoms with E-state index in [0.717, 1.165) is 37.2 Å². The lowest BCUT2D eigenvalue weighted by atomic mass is 10.2. The minimum atomic E-state index is 0.0871. The molecule has 0 aliphatic heterocycles. The van der Waals surface area contributed by atoms with Gasteiger partial charge in [-0.1, -0.05) is 12.1 Å². The normalized spacial score (nSPS) is 14.2. The van der Waals surface area contributed by atoms with Crippen LogP contribution in [-0.2, 0) is 11.3 Å². The molecule has 1 amide bonds. The molecule has 104 valence electrons. The van der Waals surface area contributed by atoms with Gasteiger partial charge in [-0.2, -0.15) is 0 Å². The maximum atomic E-state index is 12.0. The van der Waals surface area contributed by atoms with Crippen LogP contribution in [0.25, 0.3) is 0 Å². The number of rotatable bonds is 7. The van der Waals surface area contributed by atoms with Gasteiger partial charge in [0.15, 0.2) is 6.61 Å². The van der Waals surface area contributed by atoms with Crippen molar-refractivity contribution in [1.29, 1.82) is 0 Å². The number of hydrogen-bond donors (Lipinski definition) is 1. The third kappa shape index (κ3) is 3.96. The second-order valence-electron chi connectivity index (χ2n) is 4.88. The molecule has 0 unspecified atom stereocenters. The van der Waals surface area contributed by atoms with E-state index in [1.54, 1.807) is 0 Å². The van der Waals surface area contributed by atoms with Gasteiger partial charge >= 0.3 is 0 Å². The van der Waals surface area contributed by atoms with Crippen molar-refractivity contribution in [3.05, 3.63) is 29.8 Å². The number of carbonyl (C=O) groups is 1. The van der Waals surface area contributed by atoms with Gasteiger partial charge in [0.05, 0.1) is 0 Å². The van der Waals surface area contributed by atoms with Crippen LogP contribution in [0.5, 0.6) is 5.75 Å². The predicted molar refractivity (Wildman–Crippen MR) is 75.1 cm³/mol. The van der Waals surface area contributed by atoms with Gasteiger partial charge in [-0.3, -0.25) is 4.79 Å². The van der Waals surface area contributed by atoms with Crippen molar-refractivity contribution in [3.63, 3.8) is 0 Å². The minimum Gasteiger partial charge on any atom is -0.484 e. The lowest BCUT2D eigenvalue weighted by Gasteiger charge is -2.20. The van der Waals surface area contributed by atoms with Crippen molar-refractivity contribution in [2.45, 2.75) is 32.4 Å². The van der Waals surface area contributed by atoms with E-state index in [4.69, 9.17) is 4.74 Å². The van der Waals surface area contributed by atoms with E-state index >= 15 is 0 Å². The Balaban J connectivity index is 1.87. The standard InChI is InChI=1S/C15H22N2O2/c1-3-17(13-7-8-13)15(18)11-19-14-6-4-5-12(9-14)10-16-2/h4-6,9,13,16H,3,7-8,10-11H2,1-2H3. The van der Waals surface area contributed by atoms with Crippen LogP contribution in [0.2, 0.25) is 0 Å². The van der Waals surface area contributed by atoms with Crippen molar-refractivity contribution < 1.29 is 9.53 Å². The molecular formula is C15H22N2O2. The Morgan fingerprint density at radius 1 is 1.47 bits per heavy atom. The topological polar surface area (TPSA) is 41.6 Å². The van der Waals surface area contributed by atoms with E-state index in [0.29, 0.717) is 6.04 Å². The molecular weight excluding hydrogens is 240 g/mol. The van der Waals surface area contributed by atoms with Gasteiger partial charge in [-0.15, -0.1) is 0 Å². The SMILES string of the molecule is CCN(C(=O)COc1cccc(CNC)c1)C1CC1. The second-order valence-corrected chi connectivity index (χ2v) is 4.88. The van der Waals surface area contributed by atoms with Crippen molar-refractivity contribution in [2.24, 2.45) is 0 Å². The van der Waals surface area contributed by atoms with Crippen LogP contribution in [0.3, 0.4) is 0 Å². The number of likely N-dealkylation sites (N-methyl/N-ethyl adjacent to an activating group) is 1. The molecule has 0 aromatic heterocycles. The fourth-order valence-electron chi connectivity index (χ4n) is 2.20. The number of nitrogens with zero attached hydrogens (tertiary/aromatic N) is 1. The van der Waals surface area contributed by atoms with E-state index in [1.165, 1.54) is 0 Å². The average molecular weight is 262 g/mol. The van der Waals surface area contributed by atoms with Gasteiger partial charge < -0.3 is 15.0 Å². The number of benzene rings is 1. The average Bonchev–Trinajstić information content (AvgIpc) is 3.23. The largest absolute Gasteiger partial charge is 0.484 e. The first-order valence-electron chi connectivity index (χ1n) is 6.90. The van der Waals surface area contributed by atoms with Gasteiger partial charge in [0, 0.05) is 19.1 Å². The number of ether oxygens (including phenoxy) is 1. The van der Waals surface area contributed by atoms with Crippen LogP contribution in [0, 0.1) is 0 Å². The molecule has 0 heterocycles. The Morgan fingerprint density at radius 2 is 2.26 bits per heavy atom. The van der Waals surface area contributed by atoms with Gasteiger partial charge in [-0.25, -0.2) is 0 Å². The molecule has 1 N–H and O–H groups in total. The van der Waals surface area contributed by atoms with Crippen LogP contribution >= 0.6 is 0 Å². The Kier molecular flexibility index (Phi) is 4.80. The predicted octanol–water partition coefficient (Wildman–Crippen LogP) is 1.80. The second kappa shape index (κ2) is 6.57. The van der Waals surface area contributed by atoms with Crippen molar-refractivity contribution >= 4 is 5.91 Å². The quantitative estimate of drug-likeness (QED) is 0.814. The van der Waals surface area contributed by atoms with Gasteiger partial charge in [-0.05, 0) is 44.5 Å². The molecule has 1 aromatic rings. The zero-order valence-corrected chi connectivity index (χ0v) is 11.7. The van der Waals surface area contributed by atoms with Crippen LogP contribution in [0.15, 0.2) is 24.3 Å². The van der Waals surface area contributed by atoms with Crippen LogP contribution in [0.1, 0.15) is 25.3 Å². The highest BCUT2D eigenvalue weighted by atomic mass is 16.5. The number of hydrogen-bond acceptors (Lipinski definition) is 3. The molecule has 1 aromatic carbocycles. The van der Waals surface area contributed by atoms with Crippen molar-refractivity contribution in [2.75, 3.05) is 20.2 Å². The van der Waals surface area contributed by atoms with E-state index in [1.807, 2.05) is 43.1 Å². The fourth-order valence-corrected chi connectivity index (χ4v) is 2.20. The molecule has 0 spiro atoms. The molecule has 1 saturated carbocycles. The van der Waals surface area contributed by atoms with Crippen LogP contribution < -0.4 is 10.1 Å². The highest BCUT2D eigenvalue weighted by molar-refractivity contribution is 5.78. The Hall–Kier alpha value is -1.55. The molecule has 4 heteroatoms. The summed E-state index contributed by atoms with van der Waals surface area (Å²) >= 11 is 0. The van der Waals surface area contributed by atoms with Crippen LogP contribution in [-0.4, -0.2) is 37.0 Å². The van der Waals surface area contributed by atoms with Gasteiger partial charge in [0.25, 0.3) is 5.91 Å². The summed E-state index contributed by atoms with van der Waals surface area (Å²) < 4.78 is 5.60. The zero-order valence-electron chi connectivity index (χ0n) is 11.7. The fraction of sp³-hybridized carbons (Fsp3) is 0.533. The summed E-state index contributed by atoms with van der Waals surface area (Å²) in [6.07, 6.45) is 2.27. The zero-order chi connectivity index (χ0) is 13.7. The van der Waals surface area contributed by atoms with E-state index in [2.05, 4.69) is 5.32 Å². The molecule has 0 saturated heterocycles. The first-order chi connectivity index (χ1) is 9.24. The lowest BCUT2D eigenvalue weighted by Crippen LogP contribution is -2.36. The molecule has 19 heavy (non-hydrogen) atoms. The van der Waals surface area contributed by atoms with Crippen molar-refractivity contribution in [3.8, 4) is 5.75 Å².